The van der Waals surface area contributed by atoms with Crippen molar-refractivity contribution < 1.29 is 9.59 Å². The molecule has 0 bridgehead atoms. The zero-order valence-electron chi connectivity index (χ0n) is 16.6. The number of thioether (sulfide) groups is 1. The first-order valence-electron chi connectivity index (χ1n) is 9.78. The molecule has 29 heavy (non-hydrogen) atoms. The lowest BCUT2D eigenvalue weighted by molar-refractivity contribution is -0.116. The smallest absolute Gasteiger partial charge is 0.237 e. The molecule has 0 aliphatic heterocycles. The number of aryl methyl sites for hydroxylation is 2. The van der Waals surface area contributed by atoms with E-state index in [9.17, 15) is 14.9 Å². The number of amides is 2. The summed E-state index contributed by atoms with van der Waals surface area (Å²) in [6.07, 6.45) is 4.76. The predicted molar refractivity (Wildman–Crippen MR) is 115 cm³/mol. The minimum absolute atomic E-state index is 0.131. The summed E-state index contributed by atoms with van der Waals surface area (Å²) in [5.74, 6) is -0.275. The molecule has 1 unspecified atom stereocenters. The van der Waals surface area contributed by atoms with E-state index < -0.39 is 0 Å². The molecule has 0 fully saturated rings. The van der Waals surface area contributed by atoms with Gasteiger partial charge in [-0.05, 0) is 68.0 Å². The number of pyridine rings is 1. The number of nitrogens with zero attached hydrogens (tertiary/aromatic N) is 2. The van der Waals surface area contributed by atoms with Crippen molar-refractivity contribution in [2.24, 2.45) is 0 Å². The Morgan fingerprint density at radius 2 is 1.83 bits per heavy atom. The second-order valence-corrected chi connectivity index (χ2v) is 8.22. The highest BCUT2D eigenvalue weighted by Gasteiger charge is 2.22. The van der Waals surface area contributed by atoms with Crippen molar-refractivity contribution in [3.63, 3.8) is 0 Å². The van der Waals surface area contributed by atoms with E-state index in [4.69, 9.17) is 4.98 Å². The molecule has 1 atom stereocenters. The van der Waals surface area contributed by atoms with Crippen LogP contribution in [0, 0.1) is 11.3 Å². The van der Waals surface area contributed by atoms with Crippen LogP contribution in [0.3, 0.4) is 0 Å². The number of nitrogens with one attached hydrogen (secondary N) is 2. The minimum Gasteiger partial charge on any atom is -0.326 e. The van der Waals surface area contributed by atoms with E-state index in [1.165, 1.54) is 18.7 Å². The van der Waals surface area contributed by atoms with Crippen LogP contribution in [0.1, 0.15) is 49.9 Å². The van der Waals surface area contributed by atoms with Gasteiger partial charge in [-0.25, -0.2) is 4.98 Å². The highest BCUT2D eigenvalue weighted by Crippen LogP contribution is 2.31. The average molecular weight is 409 g/mol. The highest BCUT2D eigenvalue weighted by molar-refractivity contribution is 8.00. The summed E-state index contributed by atoms with van der Waals surface area (Å²) in [6.45, 7) is 3.39. The van der Waals surface area contributed by atoms with Crippen LogP contribution in [0.2, 0.25) is 0 Å². The first-order valence-corrected chi connectivity index (χ1v) is 10.7. The predicted octanol–water partition coefficient (Wildman–Crippen LogP) is 4.30. The molecule has 1 aliphatic rings. The van der Waals surface area contributed by atoms with Crippen LogP contribution in [0.15, 0.2) is 35.4 Å². The Balaban J connectivity index is 1.72. The first-order chi connectivity index (χ1) is 14.0. The van der Waals surface area contributed by atoms with Crippen LogP contribution >= 0.6 is 11.8 Å². The molecule has 7 heteroatoms. The van der Waals surface area contributed by atoms with Gasteiger partial charge in [-0.3, -0.25) is 9.59 Å². The maximum atomic E-state index is 12.8. The number of hydrogen-bond donors (Lipinski definition) is 2. The van der Waals surface area contributed by atoms with Crippen LogP contribution in [0.25, 0.3) is 0 Å². The number of aromatic nitrogens is 1. The molecule has 0 saturated carbocycles. The number of nitriles is 1. The summed E-state index contributed by atoms with van der Waals surface area (Å²) in [7, 11) is 0. The second-order valence-electron chi connectivity index (χ2n) is 7.03. The van der Waals surface area contributed by atoms with E-state index in [2.05, 4.69) is 16.7 Å². The van der Waals surface area contributed by atoms with Crippen LogP contribution in [0.5, 0.6) is 0 Å². The lowest BCUT2D eigenvalue weighted by Crippen LogP contribution is -2.25. The molecule has 0 saturated heterocycles. The summed E-state index contributed by atoms with van der Waals surface area (Å²) >= 11 is 1.35. The van der Waals surface area contributed by atoms with Crippen molar-refractivity contribution in [1.29, 1.82) is 5.26 Å². The van der Waals surface area contributed by atoms with Crippen molar-refractivity contribution in [3.8, 4) is 6.07 Å². The Kier molecular flexibility index (Phi) is 6.89. The van der Waals surface area contributed by atoms with Gasteiger partial charge < -0.3 is 10.6 Å². The summed E-state index contributed by atoms with van der Waals surface area (Å²) < 4.78 is 0. The molecule has 0 radical (unpaired) electrons. The molecule has 6 nitrogen and oxygen atoms in total. The number of anilines is 2. The average Bonchev–Trinajstić information content (AvgIpc) is 2.72. The molecule has 3 rings (SSSR count). The van der Waals surface area contributed by atoms with E-state index >= 15 is 0 Å². The van der Waals surface area contributed by atoms with Crippen LogP contribution < -0.4 is 10.6 Å². The molecular formula is C22H24N4O2S. The Hall–Kier alpha value is -2.85. The highest BCUT2D eigenvalue weighted by atomic mass is 32.2. The zero-order chi connectivity index (χ0) is 20.8. The molecular weight excluding hydrogens is 384 g/mol. The van der Waals surface area contributed by atoms with Gasteiger partial charge in [0, 0.05) is 24.0 Å². The molecule has 1 heterocycles. The molecule has 1 aromatic heterocycles. The van der Waals surface area contributed by atoms with Crippen molar-refractivity contribution in [1.82, 2.24) is 4.98 Å². The number of rotatable bonds is 6. The molecule has 2 N–H and O–H groups in total. The van der Waals surface area contributed by atoms with Crippen LogP contribution in [-0.2, 0) is 22.4 Å². The Bertz CT molecular complexity index is 951. The van der Waals surface area contributed by atoms with Crippen LogP contribution in [0.4, 0.5) is 11.4 Å². The van der Waals surface area contributed by atoms with E-state index in [1.54, 1.807) is 24.3 Å². The van der Waals surface area contributed by atoms with E-state index in [0.717, 1.165) is 36.9 Å². The molecule has 150 valence electrons. The van der Waals surface area contributed by atoms with Gasteiger partial charge in [0.05, 0.1) is 10.8 Å². The monoisotopic (exact) mass is 408 g/mol. The number of benzene rings is 1. The maximum Gasteiger partial charge on any atom is 0.237 e. The third kappa shape index (κ3) is 5.36. The fourth-order valence-corrected chi connectivity index (χ4v) is 4.30. The summed E-state index contributed by atoms with van der Waals surface area (Å²) in [5, 5.41) is 15.4. The van der Waals surface area contributed by atoms with Gasteiger partial charge in [0.2, 0.25) is 11.8 Å². The number of fused-ring (bicyclic) bond motifs is 1. The topological polar surface area (TPSA) is 94.9 Å². The van der Waals surface area contributed by atoms with E-state index in [0.29, 0.717) is 28.4 Å². The summed E-state index contributed by atoms with van der Waals surface area (Å²) in [6, 6.07) is 11.2. The van der Waals surface area contributed by atoms with Crippen molar-refractivity contribution in [3.05, 3.63) is 47.2 Å². The maximum absolute atomic E-state index is 12.8. The molecule has 2 aromatic rings. The van der Waals surface area contributed by atoms with Gasteiger partial charge in [0.25, 0.3) is 0 Å². The Labute approximate surface area is 175 Å². The fourth-order valence-electron chi connectivity index (χ4n) is 3.30. The standard InChI is InChI=1S/C22H24N4O2S/c1-3-20(21(28)25-18-10-8-17(9-11-18)24-14(2)27)29-22-16(13-23)12-15-6-4-5-7-19(15)26-22/h8-12,20H,3-7H2,1-2H3,(H,24,27)(H,25,28). The van der Waals surface area contributed by atoms with Crippen molar-refractivity contribution >= 4 is 35.0 Å². The van der Waals surface area contributed by atoms with Crippen LogP contribution in [-0.4, -0.2) is 22.0 Å². The quantitative estimate of drug-likeness (QED) is 0.695. The lowest BCUT2D eigenvalue weighted by Gasteiger charge is -2.19. The number of carbonyl (C=O) groups is 2. The minimum atomic E-state index is -0.355. The lowest BCUT2D eigenvalue weighted by atomic mass is 9.95. The van der Waals surface area contributed by atoms with E-state index in [1.807, 2.05) is 13.0 Å². The SMILES string of the molecule is CCC(Sc1nc2c(cc1C#N)CCCC2)C(=O)Nc1ccc(NC(C)=O)cc1. The number of hydrogen-bond acceptors (Lipinski definition) is 5. The third-order valence-electron chi connectivity index (χ3n) is 4.78. The fraction of sp³-hybridized carbons (Fsp3) is 0.364. The van der Waals surface area contributed by atoms with E-state index in [-0.39, 0.29) is 17.1 Å². The molecule has 2 amide bonds. The largest absolute Gasteiger partial charge is 0.326 e. The van der Waals surface area contributed by atoms with Gasteiger partial charge in [-0.1, -0.05) is 18.7 Å². The third-order valence-corrected chi connectivity index (χ3v) is 6.14. The normalized spacial score (nSPS) is 13.7. The second kappa shape index (κ2) is 9.57. The Morgan fingerprint density at radius 3 is 2.45 bits per heavy atom. The van der Waals surface area contributed by atoms with Gasteiger partial charge in [-0.15, -0.1) is 0 Å². The van der Waals surface area contributed by atoms with Gasteiger partial charge in [0.15, 0.2) is 0 Å². The van der Waals surface area contributed by atoms with Gasteiger partial charge in [-0.2, -0.15) is 5.26 Å². The molecule has 1 aromatic carbocycles. The van der Waals surface area contributed by atoms with Crippen molar-refractivity contribution in [2.45, 2.75) is 56.2 Å². The molecule has 1 aliphatic carbocycles. The molecule has 0 spiro atoms. The number of carbonyl (C=O) groups excluding carboxylic acids is 2. The zero-order valence-corrected chi connectivity index (χ0v) is 17.4. The Morgan fingerprint density at radius 1 is 1.17 bits per heavy atom. The summed E-state index contributed by atoms with van der Waals surface area (Å²) in [5.41, 5.74) is 4.09. The van der Waals surface area contributed by atoms with Gasteiger partial charge in [0.1, 0.15) is 11.1 Å². The van der Waals surface area contributed by atoms with Gasteiger partial charge >= 0.3 is 0 Å². The summed E-state index contributed by atoms with van der Waals surface area (Å²) in [4.78, 5) is 28.6. The first kappa shape index (κ1) is 20.9. The van der Waals surface area contributed by atoms with Crippen molar-refractivity contribution in [2.75, 3.05) is 10.6 Å².